The summed E-state index contributed by atoms with van der Waals surface area (Å²) in [7, 11) is 2.09. The molecule has 2 N–H and O–H groups in total. The van der Waals surface area contributed by atoms with Crippen molar-refractivity contribution >= 4 is 34.7 Å². The highest BCUT2D eigenvalue weighted by molar-refractivity contribution is 6.34. The van der Waals surface area contributed by atoms with E-state index >= 15 is 0 Å². The van der Waals surface area contributed by atoms with Crippen LogP contribution in [0.4, 0.5) is 24.5 Å². The molecule has 3 rings (SSSR count). The summed E-state index contributed by atoms with van der Waals surface area (Å²) in [4.78, 5) is 22.4. The lowest BCUT2D eigenvalue weighted by molar-refractivity contribution is -0.130. The number of aliphatic imine (C=N–C) groups is 1. The molecule has 222 valence electrons. The van der Waals surface area contributed by atoms with Gasteiger partial charge in [-0.2, -0.15) is 13.2 Å². The van der Waals surface area contributed by atoms with Crippen LogP contribution in [0.15, 0.2) is 46.7 Å². The van der Waals surface area contributed by atoms with E-state index < -0.39 is 11.7 Å². The first-order valence-electron chi connectivity index (χ1n) is 13.7. The maximum Gasteiger partial charge on any atom is 0.419 e. The maximum atomic E-state index is 14.0. The lowest BCUT2D eigenvalue weighted by atomic mass is 10.1. The van der Waals surface area contributed by atoms with Gasteiger partial charge >= 0.3 is 6.18 Å². The Balaban J connectivity index is 1.65. The normalized spacial score (nSPS) is 18.7. The number of hydrogen-bond donors (Lipinski definition) is 2. The van der Waals surface area contributed by atoms with E-state index in [9.17, 15) is 18.0 Å². The molecule has 2 fully saturated rings. The fourth-order valence-electron chi connectivity index (χ4n) is 4.48. The van der Waals surface area contributed by atoms with Crippen molar-refractivity contribution in [3.05, 3.63) is 46.8 Å². The van der Waals surface area contributed by atoms with Gasteiger partial charge in [0.05, 0.1) is 35.9 Å². The minimum Gasteiger partial charge on any atom is -0.385 e. The van der Waals surface area contributed by atoms with Crippen molar-refractivity contribution < 1.29 is 22.7 Å². The predicted octanol–water partition coefficient (Wildman–Crippen LogP) is 4.89. The summed E-state index contributed by atoms with van der Waals surface area (Å²) in [5, 5.41) is 6.39. The van der Waals surface area contributed by atoms with Crippen LogP contribution in [0, 0.1) is 0 Å². The zero-order valence-electron chi connectivity index (χ0n) is 23.5. The van der Waals surface area contributed by atoms with Gasteiger partial charge in [0.25, 0.3) is 0 Å². The number of anilines is 2. The van der Waals surface area contributed by atoms with Crippen molar-refractivity contribution in [2.45, 2.75) is 39.3 Å². The summed E-state index contributed by atoms with van der Waals surface area (Å²) in [6.07, 6.45) is -1.04. The van der Waals surface area contributed by atoms with Crippen LogP contribution in [-0.2, 0) is 9.53 Å². The molecule has 1 aromatic rings. The van der Waals surface area contributed by atoms with Gasteiger partial charge in [-0.15, -0.1) is 0 Å². The minimum absolute atomic E-state index is 0.00378. The number of carbonyl (C=O) groups is 1. The number of carbonyl (C=O) groups excluding carboxylic acids is 1. The average Bonchev–Trinajstić information content (AvgIpc) is 3.11. The number of amidine groups is 1. The largest absolute Gasteiger partial charge is 0.419 e. The fraction of sp³-hybridized carbons (Fsp3) is 0.571. The number of ether oxygens (including phenoxy) is 1. The highest BCUT2D eigenvalue weighted by Crippen LogP contribution is 2.31. The van der Waals surface area contributed by atoms with Crippen LogP contribution in [0.25, 0.3) is 0 Å². The molecule has 2 heterocycles. The van der Waals surface area contributed by atoms with E-state index in [4.69, 9.17) is 16.3 Å². The Hall–Kier alpha value is -2.76. The lowest BCUT2D eigenvalue weighted by Gasteiger charge is -2.34. The first kappa shape index (κ1) is 31.8. The van der Waals surface area contributed by atoms with Crippen LogP contribution in [0.2, 0.25) is 5.02 Å². The molecular formula is C28H40ClF3N6O2. The van der Waals surface area contributed by atoms with E-state index in [1.54, 1.807) is 18.7 Å². The summed E-state index contributed by atoms with van der Waals surface area (Å²) in [6, 6.07) is 5.62. The Bertz CT molecular complexity index is 1080. The second kappa shape index (κ2) is 15.3. The van der Waals surface area contributed by atoms with Gasteiger partial charge in [0.1, 0.15) is 5.84 Å². The van der Waals surface area contributed by atoms with Crippen LogP contribution >= 0.6 is 11.6 Å². The van der Waals surface area contributed by atoms with E-state index in [2.05, 4.69) is 32.5 Å². The third-order valence-electron chi connectivity index (χ3n) is 6.77. The molecule has 40 heavy (non-hydrogen) atoms. The Morgan fingerprint density at radius 2 is 1.93 bits per heavy atom. The van der Waals surface area contributed by atoms with Gasteiger partial charge in [0, 0.05) is 63.4 Å². The summed E-state index contributed by atoms with van der Waals surface area (Å²) in [6.45, 7) is 9.20. The number of alkyl halides is 3. The molecule has 0 saturated carbocycles. The van der Waals surface area contributed by atoms with Gasteiger partial charge < -0.3 is 30.1 Å². The number of allylic oxidation sites excluding steroid dienone is 2. The highest BCUT2D eigenvalue weighted by Gasteiger charge is 2.36. The molecule has 0 unspecified atom stereocenters. The van der Waals surface area contributed by atoms with E-state index in [0.29, 0.717) is 56.3 Å². The quantitative estimate of drug-likeness (QED) is 0.177. The third kappa shape index (κ3) is 9.71. The molecule has 0 spiro atoms. The van der Waals surface area contributed by atoms with Crippen molar-refractivity contribution in [3.8, 4) is 0 Å². The van der Waals surface area contributed by atoms with Crippen LogP contribution in [0.3, 0.4) is 0 Å². The molecule has 0 bridgehead atoms. The number of nitrogens with one attached hydrogen (secondary N) is 2. The Morgan fingerprint density at radius 3 is 2.60 bits per heavy atom. The van der Waals surface area contributed by atoms with Crippen molar-refractivity contribution in [1.29, 1.82) is 0 Å². The minimum atomic E-state index is -4.61. The number of hydrogen-bond acceptors (Lipinski definition) is 6. The Morgan fingerprint density at radius 1 is 1.18 bits per heavy atom. The van der Waals surface area contributed by atoms with Gasteiger partial charge in [-0.25, -0.2) is 4.99 Å². The van der Waals surface area contributed by atoms with Gasteiger partial charge in [-0.1, -0.05) is 24.6 Å². The number of nitrogens with zero attached hydrogens (tertiary/aromatic N) is 4. The molecule has 12 heteroatoms. The number of rotatable bonds is 10. The molecule has 8 nitrogen and oxygen atoms in total. The standard InChI is InChI=1S/C28H40ClF3N6O2/c1-4-6-25(33-10-5-11-38-16-18-40-17-9-27(38)39)23(28(30,31)32)20-34-21(2)35-26-8-7-22(19-24(26)29)37-14-12-36(3)13-15-37/h6-8,19-20,33H,4-5,9-18H2,1-3H3,(H,34,35)/b23-20+,25-6-. The number of piperazine rings is 1. The van der Waals surface area contributed by atoms with Gasteiger partial charge in [-0.3, -0.25) is 4.79 Å². The molecular weight excluding hydrogens is 545 g/mol. The zero-order valence-corrected chi connectivity index (χ0v) is 24.2. The molecule has 1 aromatic carbocycles. The summed E-state index contributed by atoms with van der Waals surface area (Å²) < 4.78 is 47.4. The van der Waals surface area contributed by atoms with Crippen molar-refractivity contribution in [2.75, 3.05) is 76.3 Å². The summed E-state index contributed by atoms with van der Waals surface area (Å²) >= 11 is 6.49. The predicted molar refractivity (Wildman–Crippen MR) is 155 cm³/mol. The lowest BCUT2D eigenvalue weighted by Crippen LogP contribution is -2.44. The Labute approximate surface area is 239 Å². The SMILES string of the molecule is CC/C=C(NCCCN1CCOCCC1=O)/C(=C\N=C(C)Nc1ccc(N2CCN(C)CC2)cc1Cl)C(F)(F)F. The van der Waals surface area contributed by atoms with Crippen LogP contribution in [0.5, 0.6) is 0 Å². The van der Waals surface area contributed by atoms with E-state index in [1.807, 2.05) is 18.2 Å². The van der Waals surface area contributed by atoms with E-state index in [-0.39, 0.29) is 24.0 Å². The fourth-order valence-corrected chi connectivity index (χ4v) is 4.70. The number of amides is 1. The molecule has 2 saturated heterocycles. The average molecular weight is 585 g/mol. The monoisotopic (exact) mass is 584 g/mol. The number of halogens is 4. The topological polar surface area (TPSA) is 72.4 Å². The molecule has 2 aliphatic rings. The van der Waals surface area contributed by atoms with Crippen LogP contribution < -0.4 is 15.5 Å². The van der Waals surface area contributed by atoms with Crippen molar-refractivity contribution in [2.24, 2.45) is 4.99 Å². The van der Waals surface area contributed by atoms with E-state index in [1.165, 1.54) is 6.08 Å². The summed E-state index contributed by atoms with van der Waals surface area (Å²) in [5.41, 5.74) is 0.669. The summed E-state index contributed by atoms with van der Waals surface area (Å²) in [5.74, 6) is 0.276. The molecule has 0 radical (unpaired) electrons. The number of benzene rings is 1. The van der Waals surface area contributed by atoms with E-state index in [0.717, 1.165) is 38.1 Å². The highest BCUT2D eigenvalue weighted by atomic mass is 35.5. The smallest absolute Gasteiger partial charge is 0.385 e. The van der Waals surface area contributed by atoms with Crippen LogP contribution in [-0.4, -0.2) is 93.8 Å². The van der Waals surface area contributed by atoms with Gasteiger partial charge in [-0.05, 0) is 45.0 Å². The first-order chi connectivity index (χ1) is 19.1. The molecule has 2 aliphatic heterocycles. The maximum absolute atomic E-state index is 14.0. The third-order valence-corrected chi connectivity index (χ3v) is 7.08. The molecule has 1 amide bonds. The number of likely N-dealkylation sites (N-methyl/N-ethyl adjacent to an activating group) is 1. The Kier molecular flexibility index (Phi) is 12.1. The molecule has 0 atom stereocenters. The van der Waals surface area contributed by atoms with Crippen molar-refractivity contribution in [1.82, 2.24) is 15.1 Å². The van der Waals surface area contributed by atoms with Gasteiger partial charge in [0.2, 0.25) is 5.91 Å². The molecule has 0 aromatic heterocycles. The van der Waals surface area contributed by atoms with Crippen molar-refractivity contribution in [3.63, 3.8) is 0 Å². The second-order valence-electron chi connectivity index (χ2n) is 9.88. The van der Waals surface area contributed by atoms with Gasteiger partial charge in [0.15, 0.2) is 0 Å². The second-order valence-corrected chi connectivity index (χ2v) is 10.3. The molecule has 0 aliphatic carbocycles. The van der Waals surface area contributed by atoms with Crippen LogP contribution in [0.1, 0.15) is 33.1 Å². The first-order valence-corrected chi connectivity index (χ1v) is 14.1. The zero-order chi connectivity index (χ0) is 29.1.